The first-order valence-corrected chi connectivity index (χ1v) is 6.46. The van der Waals surface area contributed by atoms with E-state index in [-0.39, 0.29) is 5.56 Å². The summed E-state index contributed by atoms with van der Waals surface area (Å²) in [7, 11) is 0. The lowest BCUT2D eigenvalue weighted by molar-refractivity contribution is 0.0979. The monoisotopic (exact) mass is 278 g/mol. The smallest absolute Gasteiger partial charge is 0.131 e. The van der Waals surface area contributed by atoms with Gasteiger partial charge in [-0.2, -0.15) is 0 Å². The fourth-order valence-electron chi connectivity index (χ4n) is 2.08. The number of hydrogen-bond acceptors (Lipinski definition) is 1. The van der Waals surface area contributed by atoms with Crippen molar-refractivity contribution in [3.8, 4) is 0 Å². The molecule has 2 aromatic carbocycles. The van der Waals surface area contributed by atoms with Crippen molar-refractivity contribution in [3.05, 3.63) is 69.5 Å². The Hall–Kier alpha value is -1.38. The van der Waals surface area contributed by atoms with Crippen LogP contribution in [-0.2, 0) is 5.60 Å². The van der Waals surface area contributed by atoms with Crippen molar-refractivity contribution in [2.45, 2.75) is 26.4 Å². The molecule has 1 N–H and O–H groups in total. The molecule has 0 radical (unpaired) electrons. The van der Waals surface area contributed by atoms with Crippen molar-refractivity contribution in [1.82, 2.24) is 0 Å². The van der Waals surface area contributed by atoms with Gasteiger partial charge in [-0.1, -0.05) is 35.9 Å². The van der Waals surface area contributed by atoms with Crippen molar-refractivity contribution in [1.29, 1.82) is 0 Å². The summed E-state index contributed by atoms with van der Waals surface area (Å²) >= 11 is 5.74. The Morgan fingerprint density at radius 2 is 1.74 bits per heavy atom. The second-order valence-electron chi connectivity index (χ2n) is 5.00. The van der Waals surface area contributed by atoms with Crippen LogP contribution in [0.4, 0.5) is 4.39 Å². The predicted octanol–water partition coefficient (Wildman–Crippen LogP) is 4.35. The van der Waals surface area contributed by atoms with Crippen LogP contribution in [0, 0.1) is 19.7 Å². The third-order valence-corrected chi connectivity index (χ3v) is 3.76. The van der Waals surface area contributed by atoms with Crippen molar-refractivity contribution >= 4 is 11.6 Å². The molecule has 0 fully saturated rings. The minimum atomic E-state index is -1.38. The van der Waals surface area contributed by atoms with Gasteiger partial charge in [0.15, 0.2) is 0 Å². The molecule has 0 aliphatic rings. The molecule has 100 valence electrons. The molecule has 0 heterocycles. The highest BCUT2D eigenvalue weighted by atomic mass is 35.5. The van der Waals surface area contributed by atoms with Gasteiger partial charge in [-0.25, -0.2) is 4.39 Å². The van der Waals surface area contributed by atoms with Crippen LogP contribution < -0.4 is 0 Å². The third kappa shape index (κ3) is 2.65. The van der Waals surface area contributed by atoms with E-state index in [0.717, 1.165) is 11.1 Å². The summed E-state index contributed by atoms with van der Waals surface area (Å²) in [6, 6.07) is 9.93. The quantitative estimate of drug-likeness (QED) is 0.866. The van der Waals surface area contributed by atoms with E-state index in [0.29, 0.717) is 10.6 Å². The van der Waals surface area contributed by atoms with Gasteiger partial charge in [0.1, 0.15) is 11.4 Å². The molecule has 0 bridgehead atoms. The maximum Gasteiger partial charge on any atom is 0.131 e. The first-order chi connectivity index (χ1) is 8.82. The van der Waals surface area contributed by atoms with Gasteiger partial charge in [-0.05, 0) is 49.6 Å². The molecule has 0 spiro atoms. The highest BCUT2D eigenvalue weighted by Crippen LogP contribution is 2.32. The van der Waals surface area contributed by atoms with E-state index in [1.807, 2.05) is 32.0 Å². The molecule has 0 saturated carbocycles. The van der Waals surface area contributed by atoms with Gasteiger partial charge < -0.3 is 5.11 Å². The van der Waals surface area contributed by atoms with Crippen LogP contribution in [0.15, 0.2) is 36.4 Å². The number of hydrogen-bond donors (Lipinski definition) is 1. The van der Waals surface area contributed by atoms with E-state index in [2.05, 4.69) is 0 Å². The van der Waals surface area contributed by atoms with E-state index in [1.54, 1.807) is 13.0 Å². The van der Waals surface area contributed by atoms with Crippen LogP contribution in [0.25, 0.3) is 0 Å². The molecule has 19 heavy (non-hydrogen) atoms. The zero-order valence-corrected chi connectivity index (χ0v) is 11.9. The van der Waals surface area contributed by atoms with Crippen molar-refractivity contribution < 1.29 is 9.50 Å². The van der Waals surface area contributed by atoms with Crippen LogP contribution in [0.5, 0.6) is 0 Å². The first-order valence-electron chi connectivity index (χ1n) is 6.08. The molecule has 1 unspecified atom stereocenters. The van der Waals surface area contributed by atoms with Gasteiger partial charge in [-0.15, -0.1) is 0 Å². The third-order valence-electron chi connectivity index (χ3n) is 3.52. The minimum Gasteiger partial charge on any atom is -0.381 e. The molecule has 2 aromatic rings. The Morgan fingerprint density at radius 3 is 2.32 bits per heavy atom. The van der Waals surface area contributed by atoms with Crippen molar-refractivity contribution in [3.63, 3.8) is 0 Å². The molecule has 0 amide bonds. The van der Waals surface area contributed by atoms with Crippen molar-refractivity contribution in [2.75, 3.05) is 0 Å². The van der Waals surface area contributed by atoms with Gasteiger partial charge in [-0.3, -0.25) is 0 Å². The van der Waals surface area contributed by atoms with Crippen LogP contribution >= 0.6 is 11.6 Å². The largest absolute Gasteiger partial charge is 0.381 e. The predicted molar refractivity (Wildman–Crippen MR) is 76.0 cm³/mol. The summed E-state index contributed by atoms with van der Waals surface area (Å²) < 4.78 is 14.0. The normalized spacial score (nSPS) is 14.2. The van der Waals surface area contributed by atoms with Gasteiger partial charge in [0.2, 0.25) is 0 Å². The minimum absolute atomic E-state index is 0.222. The van der Waals surface area contributed by atoms with Gasteiger partial charge in [0.05, 0.1) is 0 Å². The van der Waals surface area contributed by atoms with Crippen LogP contribution in [0.2, 0.25) is 5.02 Å². The van der Waals surface area contributed by atoms with Gasteiger partial charge in [0.25, 0.3) is 0 Å². The Bertz CT molecular complexity index is 620. The first kappa shape index (κ1) is 14.0. The Morgan fingerprint density at radius 1 is 1.05 bits per heavy atom. The number of halogens is 2. The molecule has 0 aromatic heterocycles. The van der Waals surface area contributed by atoms with E-state index in [4.69, 9.17) is 11.6 Å². The average molecular weight is 279 g/mol. The Labute approximate surface area is 117 Å². The lowest BCUT2D eigenvalue weighted by Gasteiger charge is -2.26. The highest BCUT2D eigenvalue weighted by Gasteiger charge is 2.29. The molecule has 1 nitrogen and oxygen atoms in total. The fourth-order valence-corrected chi connectivity index (χ4v) is 2.24. The zero-order valence-electron chi connectivity index (χ0n) is 11.2. The fraction of sp³-hybridized carbons (Fsp3) is 0.250. The number of aryl methyl sites for hydroxylation is 2. The standard InChI is InChI=1S/C16H16ClFO/c1-10-4-5-12(8-11(10)2)16(3,19)14-7-6-13(17)9-15(14)18/h4-9,19H,1-3H3. The summed E-state index contributed by atoms with van der Waals surface area (Å²) in [5, 5.41) is 11.0. The van der Waals surface area contributed by atoms with Gasteiger partial charge >= 0.3 is 0 Å². The molecule has 3 heteroatoms. The lowest BCUT2D eigenvalue weighted by atomic mass is 9.86. The van der Waals surface area contributed by atoms with E-state index in [1.165, 1.54) is 12.1 Å². The Balaban J connectivity index is 2.54. The zero-order chi connectivity index (χ0) is 14.2. The van der Waals surface area contributed by atoms with E-state index >= 15 is 0 Å². The molecule has 0 saturated heterocycles. The van der Waals surface area contributed by atoms with E-state index < -0.39 is 11.4 Å². The lowest BCUT2D eigenvalue weighted by Crippen LogP contribution is -2.24. The summed E-state index contributed by atoms with van der Waals surface area (Å²) in [6.07, 6.45) is 0. The van der Waals surface area contributed by atoms with Crippen LogP contribution in [0.3, 0.4) is 0 Å². The summed E-state index contributed by atoms with van der Waals surface area (Å²) in [6.45, 7) is 5.55. The SMILES string of the molecule is Cc1ccc(C(C)(O)c2ccc(Cl)cc2F)cc1C. The van der Waals surface area contributed by atoms with Crippen LogP contribution in [0.1, 0.15) is 29.2 Å². The molecular formula is C16H16ClFO. The Kier molecular flexibility index (Phi) is 3.66. The summed E-state index contributed by atoms with van der Waals surface area (Å²) in [5.41, 5.74) is 1.70. The summed E-state index contributed by atoms with van der Waals surface area (Å²) in [5.74, 6) is -0.504. The number of aliphatic hydroxyl groups is 1. The molecule has 0 aliphatic heterocycles. The van der Waals surface area contributed by atoms with Crippen LogP contribution in [-0.4, -0.2) is 5.11 Å². The number of benzene rings is 2. The molecule has 0 aliphatic carbocycles. The molecule has 2 rings (SSSR count). The summed E-state index contributed by atoms with van der Waals surface area (Å²) in [4.78, 5) is 0. The topological polar surface area (TPSA) is 20.2 Å². The average Bonchev–Trinajstić information content (AvgIpc) is 2.32. The second kappa shape index (κ2) is 4.95. The maximum absolute atomic E-state index is 14.0. The van der Waals surface area contributed by atoms with E-state index in [9.17, 15) is 9.50 Å². The van der Waals surface area contributed by atoms with Gasteiger partial charge in [0, 0.05) is 10.6 Å². The van der Waals surface area contributed by atoms with Crippen molar-refractivity contribution in [2.24, 2.45) is 0 Å². The molecule has 1 atom stereocenters. The highest BCUT2D eigenvalue weighted by molar-refractivity contribution is 6.30. The maximum atomic E-state index is 14.0. The number of rotatable bonds is 2. The molecular weight excluding hydrogens is 263 g/mol. The second-order valence-corrected chi connectivity index (χ2v) is 5.43.